The molecule has 2 N–H and O–H groups in total. The van der Waals surface area contributed by atoms with Gasteiger partial charge in [0.25, 0.3) is 5.91 Å². The van der Waals surface area contributed by atoms with Crippen molar-refractivity contribution in [1.82, 2.24) is 4.90 Å². The molecular formula is C27H30N3O5S-. The van der Waals surface area contributed by atoms with Crippen LogP contribution in [0.2, 0.25) is 0 Å². The molecule has 9 heteroatoms. The summed E-state index contributed by atoms with van der Waals surface area (Å²) in [6.07, 6.45) is 15.0. The number of hydrogen-bond acceptors (Lipinski definition) is 6. The van der Waals surface area contributed by atoms with E-state index < -0.39 is 16.6 Å². The number of hydrogen-bond donors (Lipinski definition) is 1. The number of rotatable bonds is 4. The third-order valence-corrected chi connectivity index (χ3v) is 10.8. The maximum absolute atomic E-state index is 12.2. The van der Waals surface area contributed by atoms with E-state index in [0.717, 1.165) is 12.8 Å². The molecule has 6 atom stereocenters. The minimum atomic E-state index is -1.56. The zero-order valence-electron chi connectivity index (χ0n) is 20.2. The summed E-state index contributed by atoms with van der Waals surface area (Å²) in [6.45, 7) is -0.233. The van der Waals surface area contributed by atoms with Crippen molar-refractivity contribution in [3.05, 3.63) is 82.4 Å². The highest BCUT2D eigenvalue weighted by atomic mass is 32.2. The van der Waals surface area contributed by atoms with Gasteiger partial charge in [-0.25, -0.2) is 0 Å². The Morgan fingerprint density at radius 1 is 1.22 bits per heavy atom. The van der Waals surface area contributed by atoms with Gasteiger partial charge >= 0.3 is 0 Å². The molecule has 2 saturated carbocycles. The van der Waals surface area contributed by atoms with Crippen molar-refractivity contribution in [1.29, 1.82) is 0 Å². The number of ether oxygens (including phenoxy) is 1. The Labute approximate surface area is 214 Å². The molecule has 2 saturated heterocycles. The Morgan fingerprint density at radius 2 is 2.00 bits per heavy atom. The number of thioether (sulfide) groups is 1. The maximum Gasteiger partial charge on any atom is 0.259 e. The van der Waals surface area contributed by atoms with Crippen LogP contribution in [-0.2, 0) is 19.7 Å². The lowest BCUT2D eigenvalue weighted by Crippen LogP contribution is -2.64. The standard InChI is InChI=1S/C22H21NO2S.C5H9N2O3/c1-25-17-18(24)23-13-12-22(26-19(17)23)20(15-8-4-2-5-9-15)14-21(20,22)16-10-6-3-7-11-16;6-5(8)4-1-2-7(9,10)3-4/h2,4-6,8-13,17,19H,3,7,14H2,1H3;4H,1-3H2,(H2,6,8)/q;-1/t17-,19-,20?,21?,22?;/m0./s1. The Bertz CT molecular complexity index is 1200. The van der Waals surface area contributed by atoms with Crippen molar-refractivity contribution in [3.8, 4) is 0 Å². The molecule has 1 spiro atoms. The molecule has 2 amide bonds. The number of fused-ring (bicyclic) bond motifs is 4. The number of primary amides is 1. The second kappa shape index (κ2) is 8.03. The topological polar surface area (TPSA) is 119 Å². The molecule has 4 unspecified atom stereocenters. The van der Waals surface area contributed by atoms with Gasteiger partial charge in [0, 0.05) is 30.6 Å². The van der Waals surface area contributed by atoms with Gasteiger partial charge in [0.1, 0.15) is 5.37 Å². The number of quaternary nitrogens is 1. The second-order valence-corrected chi connectivity index (χ2v) is 11.9. The van der Waals surface area contributed by atoms with Crippen molar-refractivity contribution in [2.45, 2.75) is 47.3 Å². The van der Waals surface area contributed by atoms with Gasteiger partial charge in [0.05, 0.1) is 23.8 Å². The predicted octanol–water partition coefficient (Wildman–Crippen LogP) is 3.09. The largest absolute Gasteiger partial charge is 0.632 e. The van der Waals surface area contributed by atoms with Crippen LogP contribution in [0.25, 0.3) is 0 Å². The number of benzene rings is 1. The molecule has 3 heterocycles. The van der Waals surface area contributed by atoms with Crippen LogP contribution in [0.1, 0.15) is 31.2 Å². The average molecular weight is 509 g/mol. The van der Waals surface area contributed by atoms with Crippen molar-refractivity contribution in [3.63, 3.8) is 0 Å². The molecule has 3 aliphatic heterocycles. The van der Waals surface area contributed by atoms with Crippen LogP contribution in [0.4, 0.5) is 0 Å². The Morgan fingerprint density at radius 3 is 2.58 bits per heavy atom. The lowest BCUT2D eigenvalue weighted by molar-refractivity contribution is -0.817. The molecule has 1 aromatic rings. The summed E-state index contributed by atoms with van der Waals surface area (Å²) < 4.78 is 5.53. The summed E-state index contributed by atoms with van der Waals surface area (Å²) in [4.78, 5) is 22.9. The number of β-lactam (4-membered cyclic amide) rings is 1. The van der Waals surface area contributed by atoms with Crippen LogP contribution in [0.15, 0.2) is 66.4 Å². The molecule has 0 aromatic heterocycles. The molecule has 1 aromatic carbocycles. The molecular weight excluding hydrogens is 478 g/mol. The van der Waals surface area contributed by atoms with Gasteiger partial charge in [-0.2, -0.15) is 0 Å². The summed E-state index contributed by atoms with van der Waals surface area (Å²) in [5.74, 6) is -0.952. The van der Waals surface area contributed by atoms with Crippen LogP contribution >= 0.6 is 11.8 Å². The second-order valence-electron chi connectivity index (χ2n) is 10.6. The Balaban J connectivity index is 0.000000204. The van der Waals surface area contributed by atoms with Crippen LogP contribution in [0.5, 0.6) is 0 Å². The van der Waals surface area contributed by atoms with E-state index in [1.165, 1.54) is 17.6 Å². The summed E-state index contributed by atoms with van der Waals surface area (Å²) in [6, 6.07) is 11.0. The molecule has 0 bridgehead atoms. The number of allylic oxidation sites excluding steroid dienone is 4. The Kier molecular flexibility index (Phi) is 5.34. The maximum atomic E-state index is 12.2. The van der Waals surface area contributed by atoms with Crippen molar-refractivity contribution >= 4 is 23.6 Å². The van der Waals surface area contributed by atoms with E-state index >= 15 is 0 Å². The van der Waals surface area contributed by atoms with E-state index in [1.54, 1.807) is 7.11 Å². The fourth-order valence-electron chi connectivity index (χ4n) is 6.94. The van der Waals surface area contributed by atoms with Gasteiger partial charge in [0.15, 0.2) is 6.10 Å². The van der Waals surface area contributed by atoms with E-state index in [2.05, 4.69) is 54.6 Å². The first kappa shape index (κ1) is 23.9. The van der Waals surface area contributed by atoms with Crippen molar-refractivity contribution in [2.24, 2.45) is 17.1 Å². The molecule has 4 fully saturated rings. The first-order chi connectivity index (χ1) is 17.2. The molecule has 7 rings (SSSR count). The summed E-state index contributed by atoms with van der Waals surface area (Å²) in [5.41, 5.74) is 8.17. The van der Waals surface area contributed by atoms with E-state index in [4.69, 9.17) is 10.5 Å². The number of amides is 2. The number of methoxy groups -OCH3 is 1. The highest BCUT2D eigenvalue weighted by Crippen LogP contribution is 2.99. The van der Waals surface area contributed by atoms with Crippen LogP contribution in [0, 0.1) is 21.7 Å². The zero-order chi connectivity index (χ0) is 25.3. The third kappa shape index (κ3) is 3.04. The monoisotopic (exact) mass is 508 g/mol. The first-order valence-electron chi connectivity index (χ1n) is 12.5. The zero-order valence-corrected chi connectivity index (χ0v) is 21.0. The number of nitrogens with two attached hydrogens (primary N) is 1. The van der Waals surface area contributed by atoms with Gasteiger partial charge in [-0.15, -0.1) is 11.8 Å². The molecule has 36 heavy (non-hydrogen) atoms. The van der Waals surface area contributed by atoms with Gasteiger partial charge in [0.2, 0.25) is 5.91 Å². The van der Waals surface area contributed by atoms with Gasteiger partial charge in [-0.3, -0.25) is 9.59 Å². The normalized spacial score (nSPS) is 40.4. The summed E-state index contributed by atoms with van der Waals surface area (Å²) in [7, 11) is 1.65. The van der Waals surface area contributed by atoms with Crippen LogP contribution in [-0.4, -0.2) is 57.9 Å². The Hall–Kier alpha value is -2.43. The number of hydroxylamine groups is 4. The molecule has 8 nitrogen and oxygen atoms in total. The van der Waals surface area contributed by atoms with Crippen molar-refractivity contribution < 1.29 is 19.1 Å². The quantitative estimate of drug-likeness (QED) is 0.379. The van der Waals surface area contributed by atoms with Gasteiger partial charge in [-0.1, -0.05) is 54.6 Å². The first-order valence-corrected chi connectivity index (χ1v) is 13.3. The molecule has 3 aliphatic carbocycles. The fourth-order valence-corrected chi connectivity index (χ4v) is 9.17. The summed E-state index contributed by atoms with van der Waals surface area (Å²) in [5, 5.41) is 21.3. The van der Waals surface area contributed by atoms with Crippen LogP contribution in [0.3, 0.4) is 0 Å². The fraction of sp³-hybridized carbons (Fsp3) is 0.481. The van der Waals surface area contributed by atoms with Gasteiger partial charge in [-0.05, 0) is 30.4 Å². The highest BCUT2D eigenvalue weighted by molar-refractivity contribution is 8.02. The number of nitrogens with zero attached hydrogens (tertiary/aromatic N) is 2. The lowest BCUT2D eigenvalue weighted by atomic mass is 9.90. The number of carbonyl (C=O) groups is 2. The van der Waals surface area contributed by atoms with E-state index in [0.29, 0.717) is 6.42 Å². The van der Waals surface area contributed by atoms with Crippen molar-refractivity contribution in [2.75, 3.05) is 20.2 Å². The average Bonchev–Trinajstić information content (AvgIpc) is 3.67. The smallest absolute Gasteiger partial charge is 0.259 e. The van der Waals surface area contributed by atoms with Gasteiger partial charge < -0.3 is 30.6 Å². The minimum Gasteiger partial charge on any atom is -0.632 e. The molecule has 0 radical (unpaired) electrons. The number of carbonyl (C=O) groups excluding carboxylic acids is 2. The lowest BCUT2D eigenvalue weighted by Gasteiger charge is -2.49. The van der Waals surface area contributed by atoms with E-state index in [-0.39, 0.29) is 46.1 Å². The van der Waals surface area contributed by atoms with Crippen LogP contribution < -0.4 is 5.73 Å². The SMILES string of the molecule is CO[C@H]1C(=O)N2C=CC3(S[C@@H]12)C1(C2=CCCC=C2)CC31c1ccccc1.NC(=O)C1CC[N+]([O-])([O-])C1. The highest BCUT2D eigenvalue weighted by Gasteiger charge is 3.01. The molecule has 6 aliphatic rings. The third-order valence-electron chi connectivity index (χ3n) is 8.87. The van der Waals surface area contributed by atoms with E-state index in [9.17, 15) is 20.0 Å². The minimum absolute atomic E-state index is 0.0341. The predicted molar refractivity (Wildman–Crippen MR) is 137 cm³/mol. The summed E-state index contributed by atoms with van der Waals surface area (Å²) >= 11 is 1.95. The van der Waals surface area contributed by atoms with E-state index in [1.807, 2.05) is 22.9 Å². The molecule has 190 valence electrons.